The molecule has 2 nitrogen and oxygen atoms in total. The first-order chi connectivity index (χ1) is 9.24. The second kappa shape index (κ2) is 12.2. The third kappa shape index (κ3) is 8.55. The summed E-state index contributed by atoms with van der Waals surface area (Å²) in [4.78, 5) is 0. The van der Waals surface area contributed by atoms with Crippen LogP contribution in [0.15, 0.2) is 18.5 Å². The molecule has 1 heterocycles. The van der Waals surface area contributed by atoms with E-state index < -0.39 is 0 Å². The fourth-order valence-electron chi connectivity index (χ4n) is 2.34. The fraction of sp³-hybridized carbons (Fsp3) is 0.706. The second-order valence-electron chi connectivity index (χ2n) is 5.60. The molecular formula is C17H30ClNO. The minimum Gasteiger partial charge on any atom is -1.00 e. The van der Waals surface area contributed by atoms with Gasteiger partial charge in [0.15, 0.2) is 12.4 Å². The highest BCUT2D eigenvalue weighted by Crippen LogP contribution is 2.08. The van der Waals surface area contributed by atoms with Crippen molar-refractivity contribution in [1.29, 1.82) is 0 Å². The summed E-state index contributed by atoms with van der Waals surface area (Å²) in [6.45, 7) is 5.84. The molecule has 116 valence electrons. The second-order valence-corrected chi connectivity index (χ2v) is 5.60. The van der Waals surface area contributed by atoms with Crippen molar-refractivity contribution in [2.24, 2.45) is 0 Å². The number of aliphatic hydroxyl groups is 1. The average Bonchev–Trinajstić information content (AvgIpc) is 2.41. The highest BCUT2D eigenvalue weighted by molar-refractivity contribution is 5.16. The van der Waals surface area contributed by atoms with Gasteiger partial charge in [0, 0.05) is 24.7 Å². The minimum absolute atomic E-state index is 0. The quantitative estimate of drug-likeness (QED) is 0.499. The van der Waals surface area contributed by atoms with Crippen LogP contribution in [-0.2, 0) is 6.54 Å². The number of pyridine rings is 1. The SMILES string of the molecule is Cc1cc[n+](CCCCCCCCCCO)cc1C.[Cl-]. The molecule has 3 heteroatoms. The van der Waals surface area contributed by atoms with E-state index in [0.29, 0.717) is 6.61 Å². The molecule has 20 heavy (non-hydrogen) atoms. The molecule has 0 fully saturated rings. The van der Waals surface area contributed by atoms with E-state index in [2.05, 4.69) is 36.9 Å². The number of aromatic nitrogens is 1. The summed E-state index contributed by atoms with van der Waals surface area (Å²) >= 11 is 0. The van der Waals surface area contributed by atoms with Crippen molar-refractivity contribution >= 4 is 0 Å². The van der Waals surface area contributed by atoms with Gasteiger partial charge < -0.3 is 17.5 Å². The zero-order valence-corrected chi connectivity index (χ0v) is 13.8. The van der Waals surface area contributed by atoms with Gasteiger partial charge in [-0.25, -0.2) is 4.57 Å². The first-order valence-electron chi connectivity index (χ1n) is 7.81. The van der Waals surface area contributed by atoms with Crippen molar-refractivity contribution in [3.63, 3.8) is 0 Å². The number of hydrogen-bond donors (Lipinski definition) is 1. The Balaban J connectivity index is 0.00000361. The lowest BCUT2D eigenvalue weighted by Gasteiger charge is -2.02. The molecule has 0 aliphatic heterocycles. The molecule has 0 aliphatic carbocycles. The van der Waals surface area contributed by atoms with Crippen LogP contribution in [-0.4, -0.2) is 11.7 Å². The van der Waals surface area contributed by atoms with Gasteiger partial charge in [-0.15, -0.1) is 0 Å². The number of rotatable bonds is 10. The number of aryl methyl sites for hydroxylation is 3. The van der Waals surface area contributed by atoms with Crippen LogP contribution in [0.3, 0.4) is 0 Å². The molecular weight excluding hydrogens is 270 g/mol. The van der Waals surface area contributed by atoms with Crippen molar-refractivity contribution in [2.45, 2.75) is 71.8 Å². The Morgan fingerprint density at radius 2 is 1.40 bits per heavy atom. The van der Waals surface area contributed by atoms with Gasteiger partial charge in [-0.05, 0) is 32.3 Å². The van der Waals surface area contributed by atoms with E-state index in [4.69, 9.17) is 5.11 Å². The zero-order valence-electron chi connectivity index (χ0n) is 13.1. The summed E-state index contributed by atoms with van der Waals surface area (Å²) < 4.78 is 2.31. The van der Waals surface area contributed by atoms with Gasteiger partial charge in [0.25, 0.3) is 0 Å². The number of nitrogens with zero attached hydrogens (tertiary/aromatic N) is 1. The van der Waals surface area contributed by atoms with Crippen LogP contribution >= 0.6 is 0 Å². The predicted octanol–water partition coefficient (Wildman–Crippen LogP) is 0.708. The van der Waals surface area contributed by atoms with Crippen LogP contribution in [0, 0.1) is 13.8 Å². The summed E-state index contributed by atoms with van der Waals surface area (Å²) in [7, 11) is 0. The van der Waals surface area contributed by atoms with Crippen LogP contribution in [0.4, 0.5) is 0 Å². The molecule has 1 N–H and O–H groups in total. The van der Waals surface area contributed by atoms with Crippen molar-refractivity contribution < 1.29 is 22.1 Å². The lowest BCUT2D eigenvalue weighted by Crippen LogP contribution is -3.00. The van der Waals surface area contributed by atoms with Gasteiger partial charge in [0.1, 0.15) is 6.54 Å². The zero-order chi connectivity index (χ0) is 13.9. The maximum absolute atomic E-state index is 8.68. The maximum Gasteiger partial charge on any atom is 0.171 e. The minimum atomic E-state index is 0. The highest BCUT2D eigenvalue weighted by Gasteiger charge is 2.02. The lowest BCUT2D eigenvalue weighted by molar-refractivity contribution is -0.697. The number of aliphatic hydroxyl groups excluding tert-OH is 1. The number of unbranched alkanes of at least 4 members (excludes halogenated alkanes) is 7. The molecule has 0 amide bonds. The Morgan fingerprint density at radius 3 is 1.95 bits per heavy atom. The lowest BCUT2D eigenvalue weighted by atomic mass is 10.1. The Labute approximate surface area is 130 Å². The first-order valence-corrected chi connectivity index (χ1v) is 7.81. The molecule has 1 aromatic rings. The van der Waals surface area contributed by atoms with Crippen LogP contribution in [0.5, 0.6) is 0 Å². The monoisotopic (exact) mass is 299 g/mol. The van der Waals surface area contributed by atoms with E-state index >= 15 is 0 Å². The van der Waals surface area contributed by atoms with Crippen molar-refractivity contribution in [3.05, 3.63) is 29.6 Å². The molecule has 0 atom stereocenters. The Bertz CT molecular complexity index is 355. The normalized spacial score (nSPS) is 10.3. The van der Waals surface area contributed by atoms with Crippen LogP contribution in [0.25, 0.3) is 0 Å². The third-order valence-electron chi connectivity index (χ3n) is 3.82. The summed E-state index contributed by atoms with van der Waals surface area (Å²) in [5.41, 5.74) is 2.76. The molecule has 0 saturated carbocycles. The van der Waals surface area contributed by atoms with Crippen LogP contribution < -0.4 is 17.0 Å². The Hall–Kier alpha value is -0.600. The molecule has 0 aliphatic rings. The molecule has 0 aromatic carbocycles. The van der Waals surface area contributed by atoms with Gasteiger partial charge in [0.2, 0.25) is 0 Å². The van der Waals surface area contributed by atoms with Crippen molar-refractivity contribution in [2.75, 3.05) is 6.61 Å². The standard InChI is InChI=1S/C17H30NO.ClH/c1-16-11-13-18(15-17(16)2)12-9-7-5-3-4-6-8-10-14-19;/h11,13,15,19H,3-10,12,14H2,1-2H3;1H/q+1;/p-1. The van der Waals surface area contributed by atoms with Gasteiger partial charge in [-0.1, -0.05) is 32.1 Å². The third-order valence-corrected chi connectivity index (χ3v) is 3.82. The predicted molar refractivity (Wildman–Crippen MR) is 80.1 cm³/mol. The molecule has 0 bridgehead atoms. The van der Waals surface area contributed by atoms with Crippen LogP contribution in [0.2, 0.25) is 0 Å². The van der Waals surface area contributed by atoms with E-state index in [1.54, 1.807) is 0 Å². The molecule has 0 unspecified atom stereocenters. The first kappa shape index (κ1) is 19.4. The van der Waals surface area contributed by atoms with Gasteiger partial charge in [0.05, 0.1) is 0 Å². The van der Waals surface area contributed by atoms with E-state index in [0.717, 1.165) is 13.0 Å². The average molecular weight is 300 g/mol. The highest BCUT2D eigenvalue weighted by atomic mass is 35.5. The van der Waals surface area contributed by atoms with E-state index in [9.17, 15) is 0 Å². The summed E-state index contributed by atoms with van der Waals surface area (Å²) in [6.07, 6.45) is 14.5. The summed E-state index contributed by atoms with van der Waals surface area (Å²) in [5, 5.41) is 8.68. The van der Waals surface area contributed by atoms with Crippen molar-refractivity contribution in [3.8, 4) is 0 Å². The smallest absolute Gasteiger partial charge is 0.171 e. The molecule has 0 radical (unpaired) electrons. The Kier molecular flexibility index (Phi) is 11.8. The topological polar surface area (TPSA) is 24.1 Å². The number of hydrogen-bond acceptors (Lipinski definition) is 1. The number of halogens is 1. The van der Waals surface area contributed by atoms with Gasteiger partial charge >= 0.3 is 0 Å². The maximum atomic E-state index is 8.68. The molecule has 0 saturated heterocycles. The van der Waals surface area contributed by atoms with Crippen LogP contribution in [0.1, 0.15) is 62.5 Å². The van der Waals surface area contributed by atoms with Gasteiger partial charge in [-0.3, -0.25) is 0 Å². The van der Waals surface area contributed by atoms with E-state index in [1.165, 1.54) is 56.1 Å². The fourth-order valence-corrected chi connectivity index (χ4v) is 2.34. The molecule has 1 aromatic heterocycles. The summed E-state index contributed by atoms with van der Waals surface area (Å²) in [5.74, 6) is 0. The van der Waals surface area contributed by atoms with E-state index in [1.807, 2.05) is 0 Å². The molecule has 1 rings (SSSR count). The molecule has 0 spiro atoms. The van der Waals surface area contributed by atoms with Gasteiger partial charge in [-0.2, -0.15) is 0 Å². The largest absolute Gasteiger partial charge is 1.00 e. The Morgan fingerprint density at radius 1 is 0.850 bits per heavy atom. The van der Waals surface area contributed by atoms with E-state index in [-0.39, 0.29) is 12.4 Å². The van der Waals surface area contributed by atoms with Crippen molar-refractivity contribution in [1.82, 2.24) is 0 Å². The summed E-state index contributed by atoms with van der Waals surface area (Å²) in [6, 6.07) is 2.20.